The Morgan fingerprint density at radius 3 is 3.04 bits per heavy atom. The summed E-state index contributed by atoms with van der Waals surface area (Å²) in [7, 11) is 0. The highest BCUT2D eigenvalue weighted by molar-refractivity contribution is 7.15. The molecule has 0 saturated heterocycles. The van der Waals surface area contributed by atoms with E-state index in [1.54, 1.807) is 11.3 Å². The third kappa shape index (κ3) is 3.87. The van der Waals surface area contributed by atoms with E-state index in [2.05, 4.69) is 44.9 Å². The van der Waals surface area contributed by atoms with Crippen LogP contribution in [0.3, 0.4) is 0 Å². The van der Waals surface area contributed by atoms with Gasteiger partial charge in [-0.3, -0.25) is 15.5 Å². The summed E-state index contributed by atoms with van der Waals surface area (Å²) < 4.78 is 0. The minimum absolute atomic E-state index is 0.109. The van der Waals surface area contributed by atoms with Crippen molar-refractivity contribution in [3.63, 3.8) is 0 Å². The van der Waals surface area contributed by atoms with Gasteiger partial charge in [0, 0.05) is 10.8 Å². The number of nitrogens with one attached hydrogen (secondary N) is 3. The molecule has 120 valence electrons. The average molecular weight is 330 g/mol. The maximum Gasteiger partial charge on any atom is 0.320 e. The van der Waals surface area contributed by atoms with Crippen molar-refractivity contribution in [2.24, 2.45) is 0 Å². The third-order valence-electron chi connectivity index (χ3n) is 3.84. The second kappa shape index (κ2) is 7.23. The lowest BCUT2D eigenvalue weighted by Crippen LogP contribution is -2.29. The molecule has 1 atom stereocenters. The molecule has 23 heavy (non-hydrogen) atoms. The van der Waals surface area contributed by atoms with Gasteiger partial charge in [0.25, 0.3) is 0 Å². The number of rotatable bonds is 5. The van der Waals surface area contributed by atoms with Crippen LogP contribution in [-0.4, -0.2) is 17.4 Å². The highest BCUT2D eigenvalue weighted by atomic mass is 32.1. The molecule has 3 N–H and O–H groups in total. The Morgan fingerprint density at radius 2 is 2.26 bits per heavy atom. The number of fused-ring (bicyclic) bond motifs is 1. The van der Waals surface area contributed by atoms with Gasteiger partial charge in [0.1, 0.15) is 0 Å². The number of hydrogen-bond acceptors (Lipinski definition) is 5. The van der Waals surface area contributed by atoms with Crippen LogP contribution in [0, 0.1) is 5.41 Å². The van der Waals surface area contributed by atoms with E-state index in [4.69, 9.17) is 5.41 Å². The smallest absolute Gasteiger partial charge is 0.320 e. The van der Waals surface area contributed by atoms with Gasteiger partial charge in [0.15, 0.2) is 5.13 Å². The van der Waals surface area contributed by atoms with Crippen molar-refractivity contribution >= 4 is 28.9 Å². The average Bonchev–Trinajstić information content (AvgIpc) is 2.97. The zero-order valence-corrected chi connectivity index (χ0v) is 13.4. The fourth-order valence-electron chi connectivity index (χ4n) is 2.87. The first kappa shape index (κ1) is 15.5. The van der Waals surface area contributed by atoms with Crippen molar-refractivity contribution in [1.29, 1.82) is 5.41 Å². The van der Waals surface area contributed by atoms with Gasteiger partial charge in [0.05, 0.1) is 5.69 Å². The number of thiazole rings is 1. The molecule has 6 nitrogen and oxygen atoms in total. The van der Waals surface area contributed by atoms with Crippen LogP contribution in [-0.2, 0) is 22.5 Å². The maximum absolute atomic E-state index is 10.1. The molecule has 0 spiro atoms. The largest absolute Gasteiger partial charge is 0.344 e. The minimum atomic E-state index is -0.109. The van der Waals surface area contributed by atoms with Crippen molar-refractivity contribution in [3.05, 3.63) is 46.5 Å². The van der Waals surface area contributed by atoms with Crippen LogP contribution in [0.2, 0.25) is 0 Å². The Morgan fingerprint density at radius 1 is 1.43 bits per heavy atom. The summed E-state index contributed by atoms with van der Waals surface area (Å²) in [6.07, 6.45) is 4.32. The van der Waals surface area contributed by atoms with Gasteiger partial charge in [-0.25, -0.2) is 4.98 Å². The van der Waals surface area contributed by atoms with E-state index in [-0.39, 0.29) is 12.4 Å². The van der Waals surface area contributed by atoms with E-state index in [0.29, 0.717) is 11.0 Å². The van der Waals surface area contributed by atoms with E-state index in [1.165, 1.54) is 10.4 Å². The Labute approximate surface area is 138 Å². The van der Waals surface area contributed by atoms with Crippen molar-refractivity contribution in [2.75, 3.05) is 5.32 Å². The zero-order valence-electron chi connectivity index (χ0n) is 12.5. The Bertz CT molecular complexity index is 687. The Balaban J connectivity index is 1.71. The van der Waals surface area contributed by atoms with Crippen molar-refractivity contribution < 1.29 is 9.63 Å². The summed E-state index contributed by atoms with van der Waals surface area (Å²) in [6, 6.07) is 10.5. The molecular weight excluding hydrogens is 312 g/mol. The lowest BCUT2D eigenvalue weighted by atomic mass is 9.86. The maximum atomic E-state index is 10.1. The molecule has 0 amide bonds. The predicted octanol–water partition coefficient (Wildman–Crippen LogP) is 2.83. The summed E-state index contributed by atoms with van der Waals surface area (Å²) in [6.45, 7) is 0.235. The second-order valence-corrected chi connectivity index (χ2v) is 6.51. The molecule has 0 fully saturated rings. The van der Waals surface area contributed by atoms with E-state index in [0.717, 1.165) is 31.4 Å². The second-order valence-electron chi connectivity index (χ2n) is 5.42. The normalized spacial score (nSPS) is 16.3. The standard InChI is InChI=1S/C16H18N4O2S/c17-15(20-22-10-21)19-16-18-14-12(7-4-8-13(14)23-16)9-11-5-2-1-3-6-11/h1-3,5-6,10,12H,4,7-9H2,(H3,17,18,19,20). The first-order chi connectivity index (χ1) is 11.3. The number of benzene rings is 1. The van der Waals surface area contributed by atoms with Crippen LogP contribution >= 0.6 is 11.3 Å². The number of carbonyl (C=O) groups excluding carboxylic acids is 1. The first-order valence-corrected chi connectivity index (χ1v) is 8.32. The SMILES string of the molecule is N=C(NOC=O)Nc1nc2c(s1)CCCC2Cc1ccccc1. The summed E-state index contributed by atoms with van der Waals surface area (Å²) >= 11 is 1.56. The highest BCUT2D eigenvalue weighted by Crippen LogP contribution is 2.38. The Kier molecular flexibility index (Phi) is 4.87. The number of hydroxylamine groups is 1. The molecule has 0 bridgehead atoms. The number of aromatic nitrogens is 1. The summed E-state index contributed by atoms with van der Waals surface area (Å²) in [4.78, 5) is 20.4. The van der Waals surface area contributed by atoms with Crippen LogP contribution in [0.15, 0.2) is 30.3 Å². The van der Waals surface area contributed by atoms with Gasteiger partial charge < -0.3 is 4.84 Å². The van der Waals surface area contributed by atoms with E-state index < -0.39 is 0 Å². The lowest BCUT2D eigenvalue weighted by Gasteiger charge is -2.21. The van der Waals surface area contributed by atoms with Crippen molar-refractivity contribution in [1.82, 2.24) is 10.5 Å². The molecule has 7 heteroatoms. The zero-order chi connectivity index (χ0) is 16.1. The van der Waals surface area contributed by atoms with Crippen LogP contribution < -0.4 is 10.8 Å². The van der Waals surface area contributed by atoms with Gasteiger partial charge in [-0.15, -0.1) is 11.3 Å². The topological polar surface area (TPSA) is 87.1 Å². The summed E-state index contributed by atoms with van der Waals surface area (Å²) in [5.74, 6) is 0.309. The molecule has 1 aromatic carbocycles. The molecule has 0 saturated carbocycles. The predicted molar refractivity (Wildman–Crippen MR) is 89.6 cm³/mol. The van der Waals surface area contributed by atoms with Crippen molar-refractivity contribution in [2.45, 2.75) is 31.6 Å². The molecule has 3 rings (SSSR count). The monoisotopic (exact) mass is 330 g/mol. The molecule has 1 aliphatic rings. The molecule has 1 aliphatic carbocycles. The quantitative estimate of drug-likeness (QED) is 0.340. The Hall–Kier alpha value is -2.41. The summed E-state index contributed by atoms with van der Waals surface area (Å²) in [5.41, 5.74) is 4.64. The van der Waals surface area contributed by atoms with Crippen LogP contribution in [0.5, 0.6) is 0 Å². The molecule has 0 radical (unpaired) electrons. The number of nitrogens with zero attached hydrogens (tertiary/aromatic N) is 1. The van der Waals surface area contributed by atoms with E-state index in [1.807, 2.05) is 6.07 Å². The minimum Gasteiger partial charge on any atom is -0.344 e. The van der Waals surface area contributed by atoms with Gasteiger partial charge in [-0.1, -0.05) is 30.3 Å². The van der Waals surface area contributed by atoms with E-state index >= 15 is 0 Å². The third-order valence-corrected chi connectivity index (χ3v) is 4.88. The number of guanidine groups is 1. The molecule has 0 aliphatic heterocycles. The van der Waals surface area contributed by atoms with Crippen LogP contribution in [0.25, 0.3) is 0 Å². The highest BCUT2D eigenvalue weighted by Gasteiger charge is 2.25. The number of carbonyl (C=O) groups is 1. The number of anilines is 1. The van der Waals surface area contributed by atoms with Crippen molar-refractivity contribution in [3.8, 4) is 0 Å². The lowest BCUT2D eigenvalue weighted by molar-refractivity contribution is -0.132. The van der Waals surface area contributed by atoms with Crippen LogP contribution in [0.4, 0.5) is 5.13 Å². The molecule has 2 aromatic rings. The van der Waals surface area contributed by atoms with Crippen LogP contribution in [0.1, 0.15) is 34.9 Å². The fraction of sp³-hybridized carbons (Fsp3) is 0.312. The van der Waals surface area contributed by atoms with Gasteiger partial charge >= 0.3 is 6.47 Å². The summed E-state index contributed by atoms with van der Waals surface area (Å²) in [5, 5.41) is 11.1. The van der Waals surface area contributed by atoms with Gasteiger partial charge in [-0.2, -0.15) is 5.48 Å². The molecule has 1 aromatic heterocycles. The molecule has 1 unspecified atom stereocenters. The fourth-order valence-corrected chi connectivity index (χ4v) is 3.97. The molecule has 1 heterocycles. The number of hydrogen-bond donors (Lipinski definition) is 3. The van der Waals surface area contributed by atoms with Gasteiger partial charge in [-0.05, 0) is 31.2 Å². The first-order valence-electron chi connectivity index (χ1n) is 7.50. The van der Waals surface area contributed by atoms with Gasteiger partial charge in [0.2, 0.25) is 5.96 Å². The molecular formula is C16H18N4O2S. The number of aryl methyl sites for hydroxylation is 1. The van der Waals surface area contributed by atoms with E-state index in [9.17, 15) is 4.79 Å².